The molecule has 5 heteroatoms. The van der Waals surface area contributed by atoms with Crippen LogP contribution in [-0.4, -0.2) is 0 Å². The fraction of sp³-hybridized carbons (Fsp3) is 0.200. The van der Waals surface area contributed by atoms with Crippen LogP contribution in [0.4, 0.5) is 0 Å². The monoisotopic (exact) mass is 630 g/mol. The van der Waals surface area contributed by atoms with Crippen molar-refractivity contribution in [3.63, 3.8) is 0 Å². The van der Waals surface area contributed by atoms with E-state index in [0.29, 0.717) is 0 Å². The molecule has 0 heterocycles. The van der Waals surface area contributed by atoms with Gasteiger partial charge in [-0.1, -0.05) is 104 Å². The molecule has 0 aliphatic carbocycles. The minimum Gasteiger partial charge on any atom is -0.366 e. The van der Waals surface area contributed by atoms with Gasteiger partial charge in [-0.25, -0.2) is 0 Å². The van der Waals surface area contributed by atoms with Gasteiger partial charge in [0.2, 0.25) is 0 Å². The van der Waals surface area contributed by atoms with Crippen molar-refractivity contribution in [2.45, 2.75) is 38.9 Å². The Hall–Kier alpha value is -1.62. The van der Waals surface area contributed by atoms with Gasteiger partial charge in [0.25, 0.3) is 0 Å². The van der Waals surface area contributed by atoms with E-state index >= 15 is 0 Å². The standard InChI is InChI=1S/C30H26Br2Cl2O/c1-19(23-7-3-21(4-8-23)15-25-17-27(31)11-13-29(25)33)35-20(2)24-9-5-22(6-10-24)16-26-18-28(32)12-14-30(26)34/h3-14,17-20H,15-16H2,1-2H3. The summed E-state index contributed by atoms with van der Waals surface area (Å²) < 4.78 is 8.43. The minimum absolute atomic E-state index is 0.0198. The summed E-state index contributed by atoms with van der Waals surface area (Å²) in [6.45, 7) is 4.20. The fourth-order valence-electron chi connectivity index (χ4n) is 4.07. The number of hydrogen-bond donors (Lipinski definition) is 0. The molecule has 0 N–H and O–H groups in total. The smallest absolute Gasteiger partial charge is 0.0805 e. The molecule has 0 aromatic heterocycles. The molecule has 0 amide bonds. The van der Waals surface area contributed by atoms with E-state index in [4.69, 9.17) is 27.9 Å². The van der Waals surface area contributed by atoms with Gasteiger partial charge in [0.05, 0.1) is 12.2 Å². The SMILES string of the molecule is CC(OC(C)c1ccc(Cc2cc(Br)ccc2Cl)cc1)c1ccc(Cc2cc(Br)ccc2Cl)cc1. The third-order valence-electron chi connectivity index (χ3n) is 6.11. The predicted octanol–water partition coefficient (Wildman–Crippen LogP) is 10.5. The number of benzene rings is 4. The van der Waals surface area contributed by atoms with Crippen LogP contribution in [0.25, 0.3) is 0 Å². The summed E-state index contributed by atoms with van der Waals surface area (Å²) in [6, 6.07) is 29.1. The maximum Gasteiger partial charge on any atom is 0.0805 e. The zero-order chi connectivity index (χ0) is 24.9. The highest BCUT2D eigenvalue weighted by Crippen LogP contribution is 2.29. The first-order valence-corrected chi connectivity index (χ1v) is 13.8. The summed E-state index contributed by atoms with van der Waals surface area (Å²) in [5, 5.41) is 1.57. The van der Waals surface area contributed by atoms with Crippen LogP contribution < -0.4 is 0 Å². The molecule has 180 valence electrons. The fourth-order valence-corrected chi connectivity index (χ4v) is 5.26. The third kappa shape index (κ3) is 7.21. The van der Waals surface area contributed by atoms with E-state index < -0.39 is 0 Å². The summed E-state index contributed by atoms with van der Waals surface area (Å²) >= 11 is 19.8. The van der Waals surface area contributed by atoms with Crippen LogP contribution in [0.15, 0.2) is 93.9 Å². The average Bonchev–Trinajstić information content (AvgIpc) is 2.84. The molecular weight excluding hydrogens is 607 g/mol. The summed E-state index contributed by atoms with van der Waals surface area (Å²) in [6.07, 6.45) is 1.55. The molecule has 0 radical (unpaired) electrons. The number of ether oxygens (including phenoxy) is 1. The summed E-state index contributed by atoms with van der Waals surface area (Å²) in [5.74, 6) is 0. The van der Waals surface area contributed by atoms with Gasteiger partial charge in [-0.3, -0.25) is 0 Å². The Morgan fingerprint density at radius 2 is 0.971 bits per heavy atom. The lowest BCUT2D eigenvalue weighted by molar-refractivity contribution is 0.00585. The highest BCUT2D eigenvalue weighted by molar-refractivity contribution is 9.10. The molecule has 0 spiro atoms. The Morgan fingerprint density at radius 1 is 0.600 bits per heavy atom. The highest BCUT2D eigenvalue weighted by atomic mass is 79.9. The van der Waals surface area contributed by atoms with Crippen LogP contribution in [0.1, 0.15) is 59.4 Å². The maximum absolute atomic E-state index is 6.36. The predicted molar refractivity (Wildman–Crippen MR) is 155 cm³/mol. The van der Waals surface area contributed by atoms with Gasteiger partial charge in [-0.2, -0.15) is 0 Å². The van der Waals surface area contributed by atoms with E-state index in [1.165, 1.54) is 11.1 Å². The number of hydrogen-bond acceptors (Lipinski definition) is 1. The van der Waals surface area contributed by atoms with Crippen LogP contribution in [0.5, 0.6) is 0 Å². The quantitative estimate of drug-likeness (QED) is 0.188. The molecular formula is C30H26Br2Cl2O. The molecule has 0 saturated heterocycles. The van der Waals surface area contributed by atoms with Crippen LogP contribution in [0.2, 0.25) is 10.0 Å². The topological polar surface area (TPSA) is 9.23 Å². The van der Waals surface area contributed by atoms with Crippen molar-refractivity contribution in [1.29, 1.82) is 0 Å². The van der Waals surface area contributed by atoms with Crippen molar-refractivity contribution in [2.24, 2.45) is 0 Å². The molecule has 35 heavy (non-hydrogen) atoms. The second kappa shape index (κ2) is 12.1. The van der Waals surface area contributed by atoms with Crippen molar-refractivity contribution in [3.05, 3.63) is 137 Å². The Kier molecular flexibility index (Phi) is 9.13. The van der Waals surface area contributed by atoms with Crippen molar-refractivity contribution in [2.75, 3.05) is 0 Å². The van der Waals surface area contributed by atoms with E-state index in [1.807, 2.05) is 24.3 Å². The van der Waals surface area contributed by atoms with Crippen LogP contribution >= 0.6 is 55.1 Å². The lowest BCUT2D eigenvalue weighted by Gasteiger charge is -2.20. The summed E-state index contributed by atoms with van der Waals surface area (Å²) in [4.78, 5) is 0. The van der Waals surface area contributed by atoms with Crippen LogP contribution in [0, 0.1) is 0 Å². The Balaban J connectivity index is 1.36. The normalized spacial score (nSPS) is 13.0. The minimum atomic E-state index is -0.0198. The van der Waals surface area contributed by atoms with Crippen molar-refractivity contribution < 1.29 is 4.74 Å². The molecule has 2 atom stereocenters. The molecule has 0 bridgehead atoms. The second-order valence-corrected chi connectivity index (χ2v) is 11.4. The Morgan fingerprint density at radius 3 is 1.34 bits per heavy atom. The summed E-state index contributed by atoms with van der Waals surface area (Å²) in [7, 11) is 0. The highest BCUT2D eigenvalue weighted by Gasteiger charge is 2.13. The first kappa shape index (κ1) is 26.4. The van der Waals surface area contributed by atoms with E-state index in [1.54, 1.807) is 0 Å². The molecule has 4 aromatic rings. The summed E-state index contributed by atoms with van der Waals surface area (Å²) in [5.41, 5.74) is 6.96. The Bertz CT molecular complexity index is 1190. The lowest BCUT2D eigenvalue weighted by Crippen LogP contribution is -2.05. The molecule has 1 nitrogen and oxygen atoms in total. The molecule has 0 aliphatic rings. The average molecular weight is 633 g/mol. The number of halogens is 4. The molecule has 0 aliphatic heterocycles. The second-order valence-electron chi connectivity index (χ2n) is 8.73. The van der Waals surface area contributed by atoms with Crippen molar-refractivity contribution >= 4 is 55.1 Å². The Labute approximate surface area is 234 Å². The first-order valence-electron chi connectivity index (χ1n) is 11.5. The molecule has 0 fully saturated rings. The van der Waals surface area contributed by atoms with Gasteiger partial charge in [0, 0.05) is 19.0 Å². The first-order chi connectivity index (χ1) is 16.8. The van der Waals surface area contributed by atoms with Crippen LogP contribution in [-0.2, 0) is 17.6 Å². The van der Waals surface area contributed by atoms with E-state index in [2.05, 4.69) is 106 Å². The molecule has 4 rings (SSSR count). The van der Waals surface area contributed by atoms with Gasteiger partial charge >= 0.3 is 0 Å². The van der Waals surface area contributed by atoms with Gasteiger partial charge in [-0.15, -0.1) is 0 Å². The zero-order valence-electron chi connectivity index (χ0n) is 19.6. The molecule has 2 unspecified atom stereocenters. The van der Waals surface area contributed by atoms with Gasteiger partial charge < -0.3 is 4.74 Å². The third-order valence-corrected chi connectivity index (χ3v) is 7.84. The number of rotatable bonds is 8. The zero-order valence-corrected chi connectivity index (χ0v) is 24.3. The van der Waals surface area contributed by atoms with E-state index in [9.17, 15) is 0 Å². The van der Waals surface area contributed by atoms with Gasteiger partial charge in [0.15, 0.2) is 0 Å². The lowest BCUT2D eigenvalue weighted by atomic mass is 10.0. The van der Waals surface area contributed by atoms with Crippen molar-refractivity contribution in [1.82, 2.24) is 0 Å². The molecule has 0 saturated carbocycles. The van der Waals surface area contributed by atoms with Crippen molar-refractivity contribution in [3.8, 4) is 0 Å². The molecule has 4 aromatic carbocycles. The van der Waals surface area contributed by atoms with E-state index in [-0.39, 0.29) is 12.2 Å². The van der Waals surface area contributed by atoms with Gasteiger partial charge in [-0.05, 0) is 96.5 Å². The van der Waals surface area contributed by atoms with E-state index in [0.717, 1.165) is 54.1 Å². The van der Waals surface area contributed by atoms with Gasteiger partial charge in [0.1, 0.15) is 0 Å². The maximum atomic E-state index is 6.36. The van der Waals surface area contributed by atoms with Crippen LogP contribution in [0.3, 0.4) is 0 Å². The largest absolute Gasteiger partial charge is 0.366 e.